The molecule has 3 aromatic carbocycles. The molecule has 5 N–H and O–H groups in total. The topological polar surface area (TPSA) is 209 Å². The Kier molecular flexibility index (Phi) is 12.8. The number of benzene rings is 3. The first kappa shape index (κ1) is 42.4. The van der Waals surface area contributed by atoms with E-state index >= 15 is 0 Å². The number of hydrogen-bond acceptors (Lipinski definition) is 10. The number of nitrogens with zero attached hydrogens (tertiary/aromatic N) is 2. The van der Waals surface area contributed by atoms with Crippen LogP contribution in [0, 0.1) is 30.6 Å². The minimum atomic E-state index is -1.36. The number of carbonyl (C=O) groups is 5. The fourth-order valence-corrected chi connectivity index (χ4v) is 7.42. The van der Waals surface area contributed by atoms with Gasteiger partial charge in [0.1, 0.15) is 11.9 Å². The average Bonchev–Trinajstić information content (AvgIpc) is 3.53. The number of Topliss-reactive ketones (excluding diaryl/α,β-unsaturated/α-hetero) is 1. The van der Waals surface area contributed by atoms with Crippen molar-refractivity contribution in [3.8, 4) is 23.7 Å². The van der Waals surface area contributed by atoms with Gasteiger partial charge in [-0.25, -0.2) is 14.6 Å². The van der Waals surface area contributed by atoms with E-state index in [1.807, 2.05) is 30.3 Å². The number of aryl methyl sites for hydroxylation is 1. The maximum absolute atomic E-state index is 13.4. The lowest BCUT2D eigenvalue weighted by molar-refractivity contribution is -0.142. The molecule has 0 spiro atoms. The monoisotopic (exact) mass is 812 g/mol. The van der Waals surface area contributed by atoms with Crippen LogP contribution in [0.2, 0.25) is 0 Å². The number of nitrogens with one attached hydrogen (secondary N) is 4. The molecule has 0 saturated carbocycles. The SMILES string of the molecule is C.COC12C#C/C=C\C#CC(OC(=O)NCCNC(=O)CCC(C(=O)O)N3Cc4cc(NCc5ccc6ccc7nc(C)[nH]c(=O)c7c6c5)ccc4C3=O)C(=CCC1)C2=O. The van der Waals surface area contributed by atoms with Crippen molar-refractivity contribution in [1.82, 2.24) is 25.5 Å². The van der Waals surface area contributed by atoms with E-state index in [1.165, 1.54) is 24.2 Å². The number of carboxylic acids is 1. The Bertz CT molecular complexity index is 2660. The van der Waals surface area contributed by atoms with Crippen LogP contribution in [0.5, 0.6) is 0 Å². The molecular formula is C45H44N6O9. The van der Waals surface area contributed by atoms with Gasteiger partial charge in [-0.3, -0.25) is 19.2 Å². The fourth-order valence-electron chi connectivity index (χ4n) is 7.42. The van der Waals surface area contributed by atoms with Crippen LogP contribution >= 0.6 is 0 Å². The van der Waals surface area contributed by atoms with Crippen molar-refractivity contribution in [2.24, 2.45) is 0 Å². The van der Waals surface area contributed by atoms with E-state index < -0.39 is 47.4 Å². The van der Waals surface area contributed by atoms with Crippen LogP contribution in [0.1, 0.15) is 60.4 Å². The first-order chi connectivity index (χ1) is 28.5. The zero-order chi connectivity index (χ0) is 41.7. The smallest absolute Gasteiger partial charge is 0.408 e. The Hall–Kier alpha value is -7.23. The maximum Gasteiger partial charge on any atom is 0.408 e. The molecule has 15 nitrogen and oxygen atoms in total. The lowest BCUT2D eigenvalue weighted by atomic mass is 9.81. The van der Waals surface area contributed by atoms with Gasteiger partial charge in [-0.15, -0.1) is 0 Å². The van der Waals surface area contributed by atoms with Gasteiger partial charge < -0.3 is 40.4 Å². The molecule has 60 heavy (non-hydrogen) atoms. The summed E-state index contributed by atoms with van der Waals surface area (Å²) in [4.78, 5) is 85.6. The van der Waals surface area contributed by atoms with Crippen LogP contribution in [0.25, 0.3) is 21.7 Å². The van der Waals surface area contributed by atoms with Crippen molar-refractivity contribution >= 4 is 57.0 Å². The van der Waals surface area contributed by atoms with Gasteiger partial charge in [0.05, 0.1) is 10.9 Å². The lowest BCUT2D eigenvalue weighted by Crippen LogP contribution is -2.46. The summed E-state index contributed by atoms with van der Waals surface area (Å²) < 4.78 is 11.0. The van der Waals surface area contributed by atoms with Crippen molar-refractivity contribution < 1.29 is 38.6 Å². The predicted molar refractivity (Wildman–Crippen MR) is 224 cm³/mol. The molecule has 3 unspecified atom stereocenters. The summed E-state index contributed by atoms with van der Waals surface area (Å²) in [6.45, 7) is 2.18. The largest absolute Gasteiger partial charge is 0.480 e. The average molecular weight is 813 g/mol. The molecule has 1 aliphatic heterocycles. The number of fused-ring (bicyclic) bond motifs is 6. The second-order valence-electron chi connectivity index (χ2n) is 14.2. The van der Waals surface area contributed by atoms with Gasteiger partial charge in [0.2, 0.25) is 11.7 Å². The number of carbonyl (C=O) groups excluding carboxylic acids is 4. The number of amides is 3. The number of rotatable bonds is 13. The van der Waals surface area contributed by atoms with Gasteiger partial charge in [0, 0.05) is 56.5 Å². The maximum atomic E-state index is 13.4. The Morgan fingerprint density at radius 3 is 2.63 bits per heavy atom. The first-order valence-corrected chi connectivity index (χ1v) is 19.0. The Morgan fingerprint density at radius 1 is 1.05 bits per heavy atom. The number of aromatic nitrogens is 2. The summed E-state index contributed by atoms with van der Waals surface area (Å²) in [6, 6.07) is 13.6. The highest BCUT2D eigenvalue weighted by Crippen LogP contribution is 2.31. The molecule has 2 heterocycles. The third-order valence-electron chi connectivity index (χ3n) is 10.4. The third kappa shape index (κ3) is 8.92. The molecule has 0 saturated heterocycles. The summed E-state index contributed by atoms with van der Waals surface area (Å²) in [6.07, 6.45) is 3.09. The molecule has 15 heteroatoms. The number of aromatic amines is 1. The summed E-state index contributed by atoms with van der Waals surface area (Å²) in [7, 11) is 1.40. The second kappa shape index (κ2) is 18.1. The Morgan fingerprint density at radius 2 is 1.83 bits per heavy atom. The number of alkyl carbamates (subject to hydrolysis) is 1. The minimum Gasteiger partial charge on any atom is -0.480 e. The van der Waals surface area contributed by atoms with Crippen molar-refractivity contribution in [3.05, 3.63) is 105 Å². The molecule has 3 amide bonds. The zero-order valence-electron chi connectivity index (χ0n) is 32.3. The van der Waals surface area contributed by atoms with E-state index in [2.05, 4.69) is 49.6 Å². The van der Waals surface area contributed by atoms with E-state index in [9.17, 15) is 33.9 Å². The number of H-pyrrole nitrogens is 1. The van der Waals surface area contributed by atoms with Crippen LogP contribution in [0.15, 0.2) is 77.1 Å². The van der Waals surface area contributed by atoms with E-state index in [0.29, 0.717) is 47.2 Å². The first-order valence-electron chi connectivity index (χ1n) is 19.0. The van der Waals surface area contributed by atoms with Gasteiger partial charge in [-0.05, 0) is 96.5 Å². The van der Waals surface area contributed by atoms with Crippen molar-refractivity contribution in [2.45, 2.75) is 70.9 Å². The molecule has 308 valence electrons. The predicted octanol–water partition coefficient (Wildman–Crippen LogP) is 4.28. The lowest BCUT2D eigenvalue weighted by Gasteiger charge is -2.31. The molecule has 2 bridgehead atoms. The van der Waals surface area contributed by atoms with Gasteiger partial charge >= 0.3 is 12.1 Å². The highest BCUT2D eigenvalue weighted by atomic mass is 16.6. The molecule has 3 aliphatic rings. The van der Waals surface area contributed by atoms with Gasteiger partial charge in [-0.2, -0.15) is 0 Å². The zero-order valence-corrected chi connectivity index (χ0v) is 32.3. The normalized spacial score (nSPS) is 18.7. The summed E-state index contributed by atoms with van der Waals surface area (Å²) >= 11 is 0. The Balaban J connectivity index is 0.00000604. The standard InChI is InChI=1S/C44H40N6O9.CH4/c1-26-48-34-15-12-28-11-10-27(22-33(28)38(34)40(53)49-26)24-47-30-13-14-31-29(23-30)25-50(41(31)54)35(42(55)56)16-17-37(51)45-20-21-46-43(57)59-36-9-5-3-4-6-18-44(58-2)19-7-8-32(36)39(44)52;/h3-4,8,10-15,22-23,35-36,47H,7,16-17,19-21,24-25H2,1-2H3,(H,45,51)(H,46,57)(H,55,56)(H,48,49,53);1H4/b4-3-;. The number of hydrogen-bond donors (Lipinski definition) is 5. The van der Waals surface area contributed by atoms with Crippen LogP contribution in [-0.4, -0.2) is 87.6 Å². The number of ether oxygens (including phenoxy) is 2. The molecule has 1 aromatic heterocycles. The van der Waals surface area contributed by atoms with Crippen LogP contribution in [0.4, 0.5) is 10.5 Å². The molecule has 2 aliphatic carbocycles. The molecular weight excluding hydrogens is 769 g/mol. The number of carboxylic acid groups (broad SMARTS) is 1. The number of anilines is 1. The summed E-state index contributed by atoms with van der Waals surface area (Å²) in [5, 5.41) is 20.8. The van der Waals surface area contributed by atoms with Gasteiger partial charge in [-0.1, -0.05) is 49.5 Å². The summed E-state index contributed by atoms with van der Waals surface area (Å²) in [5.74, 6) is 9.06. The summed E-state index contributed by atoms with van der Waals surface area (Å²) in [5.41, 5.74) is 1.89. The Labute approximate surface area is 345 Å². The van der Waals surface area contributed by atoms with Crippen molar-refractivity contribution in [3.63, 3.8) is 0 Å². The van der Waals surface area contributed by atoms with E-state index in [0.717, 1.165) is 22.0 Å². The van der Waals surface area contributed by atoms with Crippen molar-refractivity contribution in [2.75, 3.05) is 25.5 Å². The number of methoxy groups -OCH3 is 1. The van der Waals surface area contributed by atoms with Crippen LogP contribution in [-0.2, 0) is 36.9 Å². The van der Waals surface area contributed by atoms with Gasteiger partial charge in [0.15, 0.2) is 11.7 Å². The van der Waals surface area contributed by atoms with E-state index in [-0.39, 0.29) is 51.0 Å². The van der Waals surface area contributed by atoms with E-state index in [1.54, 1.807) is 31.2 Å². The quantitative estimate of drug-likeness (QED) is 0.0731. The molecule has 4 aromatic rings. The number of allylic oxidation sites excluding steroid dienone is 3. The minimum absolute atomic E-state index is 0. The molecule has 7 rings (SSSR count). The van der Waals surface area contributed by atoms with Crippen LogP contribution in [0.3, 0.4) is 0 Å². The number of ketones is 1. The highest BCUT2D eigenvalue weighted by Gasteiger charge is 2.43. The second-order valence-corrected chi connectivity index (χ2v) is 14.2. The molecule has 0 fully saturated rings. The third-order valence-corrected chi connectivity index (χ3v) is 10.4. The van der Waals surface area contributed by atoms with Crippen LogP contribution < -0.4 is 21.5 Å². The fraction of sp³-hybridized carbons (Fsp3) is 0.311. The number of aliphatic carboxylic acids is 1. The molecule has 0 radical (unpaired) electrons. The molecule has 3 atom stereocenters. The highest BCUT2D eigenvalue weighted by molar-refractivity contribution is 6.07. The van der Waals surface area contributed by atoms with E-state index in [4.69, 9.17) is 9.47 Å². The van der Waals surface area contributed by atoms with Crippen molar-refractivity contribution in [1.29, 1.82) is 0 Å². The van der Waals surface area contributed by atoms with Gasteiger partial charge in [0.25, 0.3) is 11.5 Å².